The number of carbonyl (C=O) groups is 2. The van der Waals surface area contributed by atoms with E-state index in [1.54, 1.807) is 6.92 Å². The molecule has 1 amide bonds. The van der Waals surface area contributed by atoms with Gasteiger partial charge in [-0.25, -0.2) is 10.2 Å². The molecule has 0 aliphatic heterocycles. The normalized spacial score (nSPS) is 12.0. The maximum Gasteiger partial charge on any atom is 0.416 e. The largest absolute Gasteiger partial charge is 0.421 e. The molecular weight excluding hydrogens is 491 g/mol. The van der Waals surface area contributed by atoms with Gasteiger partial charge in [-0.1, -0.05) is 6.07 Å². The number of aryl methyl sites for hydroxylation is 1. The summed E-state index contributed by atoms with van der Waals surface area (Å²) in [4.78, 5) is 32.9. The predicted octanol–water partition coefficient (Wildman–Crippen LogP) is 3.65. The van der Waals surface area contributed by atoms with Gasteiger partial charge in [0.25, 0.3) is 5.91 Å². The summed E-state index contributed by atoms with van der Waals surface area (Å²) in [7, 11) is 0. The van der Waals surface area contributed by atoms with Gasteiger partial charge in [-0.3, -0.25) is 14.8 Å². The Hall–Kier alpha value is -4.58. The first kappa shape index (κ1) is 27.0. The number of aromatic nitrogens is 2. The molecule has 12 heteroatoms. The van der Waals surface area contributed by atoms with Crippen molar-refractivity contribution in [3.63, 3.8) is 0 Å². The first-order valence-electron chi connectivity index (χ1n) is 10.7. The number of amides is 1. The Bertz CT molecular complexity index is 1370. The fourth-order valence-corrected chi connectivity index (χ4v) is 3.11. The van der Waals surface area contributed by atoms with Gasteiger partial charge >= 0.3 is 12.1 Å². The van der Waals surface area contributed by atoms with E-state index in [1.807, 2.05) is 0 Å². The molecule has 1 aromatic carbocycles. The SMILES string of the molecule is C/C(=C\c1ccc(C(F)(F)F)cc1N)C(=O)Oc1c(C)ncc(CO)c1/C=N/NC(=O)c1ccncc1. The summed E-state index contributed by atoms with van der Waals surface area (Å²) in [6.45, 7) is 2.50. The van der Waals surface area contributed by atoms with Crippen molar-refractivity contribution in [3.8, 4) is 5.75 Å². The second kappa shape index (κ2) is 11.4. The number of nitrogens with zero attached hydrogens (tertiary/aromatic N) is 3. The van der Waals surface area contributed by atoms with Crippen molar-refractivity contribution in [2.75, 3.05) is 5.73 Å². The number of halogens is 3. The van der Waals surface area contributed by atoms with Gasteiger partial charge in [0, 0.05) is 46.5 Å². The average molecular weight is 513 g/mol. The molecule has 0 spiro atoms. The molecule has 9 nitrogen and oxygen atoms in total. The number of nitrogens with one attached hydrogen (secondary N) is 1. The molecule has 0 aliphatic rings. The Balaban J connectivity index is 1.85. The molecule has 0 atom stereocenters. The van der Waals surface area contributed by atoms with E-state index in [0.29, 0.717) is 5.56 Å². The van der Waals surface area contributed by atoms with E-state index >= 15 is 0 Å². The lowest BCUT2D eigenvalue weighted by Gasteiger charge is -2.13. The van der Waals surface area contributed by atoms with Crippen LogP contribution >= 0.6 is 0 Å². The lowest BCUT2D eigenvalue weighted by molar-refractivity contribution is -0.137. The minimum atomic E-state index is -4.55. The summed E-state index contributed by atoms with van der Waals surface area (Å²) < 4.78 is 44.2. The zero-order valence-corrected chi connectivity index (χ0v) is 19.7. The summed E-state index contributed by atoms with van der Waals surface area (Å²) in [6, 6.07) is 5.77. The number of hydrazone groups is 1. The second-order valence-electron chi connectivity index (χ2n) is 7.76. The monoisotopic (exact) mass is 513 g/mol. The van der Waals surface area contributed by atoms with Gasteiger partial charge in [0.15, 0.2) is 5.75 Å². The Morgan fingerprint density at radius 1 is 1.22 bits per heavy atom. The highest BCUT2D eigenvalue weighted by atomic mass is 19.4. The standard InChI is InChI=1S/C25H22F3N5O4/c1-14(9-17-3-4-19(10-21(17)29)25(26,27)28)24(36)37-22-15(2)31-11-18(13-34)20(22)12-32-33-23(35)16-5-7-30-8-6-16/h3-12,34H,13,29H2,1-2H3,(H,33,35)/b14-9+,32-12+. The smallest absolute Gasteiger partial charge is 0.416 e. The average Bonchev–Trinajstić information content (AvgIpc) is 2.86. The third kappa shape index (κ3) is 6.76. The van der Waals surface area contributed by atoms with E-state index in [2.05, 4.69) is 20.5 Å². The van der Waals surface area contributed by atoms with E-state index in [-0.39, 0.29) is 39.4 Å². The molecule has 0 aliphatic carbocycles. The van der Waals surface area contributed by atoms with Gasteiger partial charge < -0.3 is 15.6 Å². The van der Waals surface area contributed by atoms with E-state index in [1.165, 1.54) is 49.9 Å². The topological polar surface area (TPSA) is 140 Å². The van der Waals surface area contributed by atoms with Crippen molar-refractivity contribution in [2.45, 2.75) is 26.6 Å². The van der Waals surface area contributed by atoms with Crippen molar-refractivity contribution in [1.29, 1.82) is 0 Å². The van der Waals surface area contributed by atoms with Crippen LogP contribution < -0.4 is 15.9 Å². The molecule has 0 fully saturated rings. The molecule has 2 aromatic heterocycles. The van der Waals surface area contributed by atoms with Crippen LogP contribution in [-0.4, -0.2) is 33.2 Å². The number of benzene rings is 1. The molecule has 192 valence electrons. The van der Waals surface area contributed by atoms with Gasteiger partial charge in [0.2, 0.25) is 0 Å². The Kier molecular flexibility index (Phi) is 8.35. The first-order valence-corrected chi connectivity index (χ1v) is 10.7. The summed E-state index contributed by atoms with van der Waals surface area (Å²) in [5, 5.41) is 13.6. The minimum absolute atomic E-state index is 0.0217. The molecule has 37 heavy (non-hydrogen) atoms. The van der Waals surface area contributed by atoms with Crippen LogP contribution in [0.2, 0.25) is 0 Å². The summed E-state index contributed by atoms with van der Waals surface area (Å²) >= 11 is 0. The number of hydrogen-bond acceptors (Lipinski definition) is 8. The lowest BCUT2D eigenvalue weighted by atomic mass is 10.1. The number of alkyl halides is 3. The number of nitrogen functional groups attached to an aromatic ring is 1. The number of pyridine rings is 2. The fourth-order valence-electron chi connectivity index (χ4n) is 3.11. The van der Waals surface area contributed by atoms with E-state index in [4.69, 9.17) is 10.5 Å². The Morgan fingerprint density at radius 3 is 2.54 bits per heavy atom. The Labute approximate surface area is 209 Å². The summed E-state index contributed by atoms with van der Waals surface area (Å²) in [6.07, 6.45) is 2.20. The number of aliphatic hydroxyl groups excluding tert-OH is 1. The van der Waals surface area contributed by atoms with Crippen molar-refractivity contribution >= 4 is 29.9 Å². The molecule has 0 bridgehead atoms. The van der Waals surface area contributed by atoms with E-state index in [0.717, 1.165) is 18.2 Å². The highest BCUT2D eigenvalue weighted by molar-refractivity contribution is 5.98. The van der Waals surface area contributed by atoms with Gasteiger partial charge in [-0.2, -0.15) is 18.3 Å². The number of carbonyl (C=O) groups excluding carboxylic acids is 2. The summed E-state index contributed by atoms with van der Waals surface area (Å²) in [5.74, 6) is -1.37. The summed E-state index contributed by atoms with van der Waals surface area (Å²) in [5.41, 5.74) is 8.28. The van der Waals surface area contributed by atoms with E-state index in [9.17, 15) is 27.9 Å². The molecule has 2 heterocycles. The van der Waals surface area contributed by atoms with Crippen molar-refractivity contribution in [1.82, 2.24) is 15.4 Å². The highest BCUT2D eigenvalue weighted by Crippen LogP contribution is 2.32. The molecule has 0 radical (unpaired) electrons. The van der Waals surface area contributed by atoms with Crippen LogP contribution in [0.3, 0.4) is 0 Å². The maximum atomic E-state index is 12.9. The third-order valence-corrected chi connectivity index (χ3v) is 5.11. The minimum Gasteiger partial charge on any atom is -0.421 e. The number of ether oxygens (including phenoxy) is 1. The number of rotatable bonds is 7. The van der Waals surface area contributed by atoms with E-state index < -0.39 is 30.2 Å². The van der Waals surface area contributed by atoms with Crippen LogP contribution in [0.1, 0.15) is 45.2 Å². The number of aliphatic hydroxyl groups is 1. The first-order chi connectivity index (χ1) is 17.5. The van der Waals surface area contributed by atoms with Gasteiger partial charge in [-0.15, -0.1) is 0 Å². The maximum absolute atomic E-state index is 12.9. The van der Waals surface area contributed by atoms with Crippen molar-refractivity contribution in [3.05, 3.63) is 88.0 Å². The van der Waals surface area contributed by atoms with Crippen molar-refractivity contribution < 1.29 is 32.6 Å². The molecular formula is C25H22F3N5O4. The molecule has 4 N–H and O–H groups in total. The predicted molar refractivity (Wildman–Crippen MR) is 129 cm³/mol. The highest BCUT2D eigenvalue weighted by Gasteiger charge is 2.30. The van der Waals surface area contributed by atoms with Gasteiger partial charge in [0.1, 0.15) is 0 Å². The van der Waals surface area contributed by atoms with Crippen molar-refractivity contribution in [2.24, 2.45) is 5.10 Å². The zero-order chi connectivity index (χ0) is 27.2. The number of esters is 1. The van der Waals surface area contributed by atoms with Gasteiger partial charge in [-0.05, 0) is 49.8 Å². The van der Waals surface area contributed by atoms with Crippen LogP contribution in [0.5, 0.6) is 5.75 Å². The zero-order valence-electron chi connectivity index (χ0n) is 19.7. The van der Waals surface area contributed by atoms with Crippen LogP contribution in [0, 0.1) is 6.92 Å². The quantitative estimate of drug-likeness (QED) is 0.144. The molecule has 0 saturated heterocycles. The lowest BCUT2D eigenvalue weighted by Crippen LogP contribution is -2.18. The van der Waals surface area contributed by atoms with Crippen LogP contribution in [0.15, 0.2) is 59.6 Å². The molecule has 0 saturated carbocycles. The molecule has 3 aromatic rings. The van der Waals surface area contributed by atoms with Crippen LogP contribution in [0.4, 0.5) is 18.9 Å². The van der Waals surface area contributed by atoms with Crippen LogP contribution in [0.25, 0.3) is 6.08 Å². The number of anilines is 1. The number of nitrogens with two attached hydrogens (primary N) is 1. The Morgan fingerprint density at radius 2 is 1.92 bits per heavy atom. The van der Waals surface area contributed by atoms with Crippen LogP contribution in [-0.2, 0) is 17.6 Å². The second-order valence-corrected chi connectivity index (χ2v) is 7.76. The molecule has 0 unspecified atom stereocenters. The van der Waals surface area contributed by atoms with Gasteiger partial charge in [0.05, 0.1) is 24.1 Å². The third-order valence-electron chi connectivity index (χ3n) is 5.11. The molecule has 3 rings (SSSR count). The number of hydrogen-bond donors (Lipinski definition) is 3. The fraction of sp³-hybridized carbons (Fsp3) is 0.160.